The van der Waals surface area contributed by atoms with Crippen molar-refractivity contribution >= 4 is 5.78 Å². The molecule has 0 amide bonds. The quantitative estimate of drug-likeness (QED) is 0.800. The van der Waals surface area contributed by atoms with Gasteiger partial charge in [0, 0.05) is 19.0 Å². The highest BCUT2D eigenvalue weighted by Gasteiger charge is 2.30. The lowest BCUT2D eigenvalue weighted by atomic mass is 9.82. The van der Waals surface area contributed by atoms with Gasteiger partial charge < -0.3 is 10.5 Å². The summed E-state index contributed by atoms with van der Waals surface area (Å²) in [6.07, 6.45) is 5.31. The van der Waals surface area contributed by atoms with Gasteiger partial charge in [0.15, 0.2) is 11.5 Å². The monoisotopic (exact) mass is 237 g/mol. The lowest BCUT2D eigenvalue weighted by molar-refractivity contribution is 0.0868. The first-order valence-corrected chi connectivity index (χ1v) is 5.99. The molecule has 1 aliphatic rings. The van der Waals surface area contributed by atoms with Gasteiger partial charge in [0.25, 0.3) is 0 Å². The second-order valence-corrected chi connectivity index (χ2v) is 4.67. The van der Waals surface area contributed by atoms with Crippen molar-refractivity contribution in [3.05, 3.63) is 11.9 Å². The van der Waals surface area contributed by atoms with E-state index >= 15 is 0 Å². The fourth-order valence-electron chi connectivity index (χ4n) is 2.51. The zero-order chi connectivity index (χ0) is 12.4. The van der Waals surface area contributed by atoms with E-state index in [0.717, 1.165) is 25.7 Å². The minimum Gasteiger partial charge on any atom is -0.493 e. The molecule has 1 aliphatic carbocycles. The first-order chi connectivity index (χ1) is 8.13. The minimum absolute atomic E-state index is 0.0167. The first kappa shape index (κ1) is 12.1. The summed E-state index contributed by atoms with van der Waals surface area (Å²) < 4.78 is 6.75. The SMILES string of the molecule is COc1cnn(C)c1C(=O)C1CCCC(N)C1. The predicted octanol–water partition coefficient (Wildman–Crippen LogP) is 1.13. The molecule has 1 fully saturated rings. The number of aromatic nitrogens is 2. The minimum atomic E-state index is 0.0167. The largest absolute Gasteiger partial charge is 0.493 e. The van der Waals surface area contributed by atoms with Crippen LogP contribution in [0.2, 0.25) is 0 Å². The normalized spacial score (nSPS) is 24.6. The Bertz CT molecular complexity index is 414. The highest BCUT2D eigenvalue weighted by molar-refractivity contribution is 5.98. The summed E-state index contributed by atoms with van der Waals surface area (Å²) in [6, 6.07) is 0.150. The molecule has 2 unspecified atom stereocenters. The summed E-state index contributed by atoms with van der Waals surface area (Å²) in [5.41, 5.74) is 6.48. The molecule has 1 aromatic heterocycles. The van der Waals surface area contributed by atoms with Gasteiger partial charge in [-0.15, -0.1) is 0 Å². The van der Waals surface area contributed by atoms with Gasteiger partial charge in [-0.3, -0.25) is 9.48 Å². The Morgan fingerprint density at radius 2 is 2.35 bits per heavy atom. The lowest BCUT2D eigenvalue weighted by Crippen LogP contribution is -2.32. The summed E-state index contributed by atoms with van der Waals surface area (Å²) in [6.45, 7) is 0. The van der Waals surface area contributed by atoms with E-state index in [1.807, 2.05) is 0 Å². The van der Waals surface area contributed by atoms with Gasteiger partial charge in [0.2, 0.25) is 0 Å². The summed E-state index contributed by atoms with van der Waals surface area (Å²) in [4.78, 5) is 12.4. The number of carbonyl (C=O) groups excluding carboxylic acids is 1. The van der Waals surface area contributed by atoms with Crippen LogP contribution >= 0.6 is 0 Å². The van der Waals surface area contributed by atoms with E-state index in [9.17, 15) is 4.79 Å². The van der Waals surface area contributed by atoms with Crippen LogP contribution < -0.4 is 10.5 Å². The molecule has 5 heteroatoms. The molecule has 0 aromatic carbocycles. The van der Waals surface area contributed by atoms with Crippen LogP contribution in [0.1, 0.15) is 36.2 Å². The van der Waals surface area contributed by atoms with E-state index in [2.05, 4.69) is 5.10 Å². The Morgan fingerprint density at radius 3 is 3.00 bits per heavy atom. The van der Waals surface area contributed by atoms with Crippen LogP contribution in [0.5, 0.6) is 5.75 Å². The maximum atomic E-state index is 12.4. The topological polar surface area (TPSA) is 70.1 Å². The molecule has 0 aliphatic heterocycles. The fraction of sp³-hybridized carbons (Fsp3) is 0.667. The van der Waals surface area contributed by atoms with Crippen LogP contribution in [0.3, 0.4) is 0 Å². The Labute approximate surface area is 101 Å². The van der Waals surface area contributed by atoms with Crippen molar-refractivity contribution in [2.45, 2.75) is 31.7 Å². The molecule has 17 heavy (non-hydrogen) atoms. The highest BCUT2D eigenvalue weighted by atomic mass is 16.5. The number of Topliss-reactive ketones (excluding diaryl/α,β-unsaturated/α-hetero) is 1. The molecular formula is C12H19N3O2. The van der Waals surface area contributed by atoms with Crippen molar-refractivity contribution in [3.63, 3.8) is 0 Å². The van der Waals surface area contributed by atoms with Gasteiger partial charge in [-0.2, -0.15) is 5.10 Å². The average Bonchev–Trinajstić information content (AvgIpc) is 2.69. The van der Waals surface area contributed by atoms with Crippen LogP contribution in [0.15, 0.2) is 6.20 Å². The number of rotatable bonds is 3. The van der Waals surface area contributed by atoms with Crippen molar-refractivity contribution < 1.29 is 9.53 Å². The first-order valence-electron chi connectivity index (χ1n) is 5.99. The van der Waals surface area contributed by atoms with Gasteiger partial charge >= 0.3 is 0 Å². The number of ether oxygens (including phenoxy) is 1. The molecule has 1 saturated carbocycles. The zero-order valence-electron chi connectivity index (χ0n) is 10.3. The number of aryl methyl sites for hydroxylation is 1. The summed E-state index contributed by atoms with van der Waals surface area (Å²) in [5.74, 6) is 0.677. The lowest BCUT2D eigenvalue weighted by Gasteiger charge is -2.25. The molecule has 0 bridgehead atoms. The molecule has 1 aromatic rings. The van der Waals surface area contributed by atoms with Gasteiger partial charge in [-0.1, -0.05) is 6.42 Å². The van der Waals surface area contributed by atoms with E-state index < -0.39 is 0 Å². The Morgan fingerprint density at radius 1 is 1.59 bits per heavy atom. The molecule has 5 nitrogen and oxygen atoms in total. The maximum Gasteiger partial charge on any atom is 0.187 e. The van der Waals surface area contributed by atoms with Crippen molar-refractivity contribution in [1.82, 2.24) is 9.78 Å². The average molecular weight is 237 g/mol. The van der Waals surface area contributed by atoms with Gasteiger partial charge in [-0.25, -0.2) is 0 Å². The van der Waals surface area contributed by atoms with Crippen molar-refractivity contribution in [3.8, 4) is 5.75 Å². The molecule has 2 rings (SSSR count). The van der Waals surface area contributed by atoms with Gasteiger partial charge in [-0.05, 0) is 19.3 Å². The smallest absolute Gasteiger partial charge is 0.187 e. The van der Waals surface area contributed by atoms with Gasteiger partial charge in [0.05, 0.1) is 13.3 Å². The number of hydrogen-bond donors (Lipinski definition) is 1. The number of nitrogens with two attached hydrogens (primary N) is 1. The maximum absolute atomic E-state index is 12.4. The number of ketones is 1. The van der Waals surface area contributed by atoms with Crippen LogP contribution in [0, 0.1) is 5.92 Å². The molecule has 1 heterocycles. The van der Waals surface area contributed by atoms with Crippen molar-refractivity contribution in [2.75, 3.05) is 7.11 Å². The molecule has 2 atom stereocenters. The highest BCUT2D eigenvalue weighted by Crippen LogP contribution is 2.29. The van der Waals surface area contributed by atoms with Crippen molar-refractivity contribution in [1.29, 1.82) is 0 Å². The number of nitrogens with zero attached hydrogens (tertiary/aromatic N) is 2. The molecular weight excluding hydrogens is 218 g/mol. The third-order valence-corrected chi connectivity index (χ3v) is 3.44. The fourth-order valence-corrected chi connectivity index (χ4v) is 2.51. The number of carbonyl (C=O) groups is 1. The Kier molecular flexibility index (Phi) is 3.47. The molecule has 2 N–H and O–H groups in total. The second-order valence-electron chi connectivity index (χ2n) is 4.67. The Balaban J connectivity index is 2.21. The summed E-state index contributed by atoms with van der Waals surface area (Å²) >= 11 is 0. The number of hydrogen-bond acceptors (Lipinski definition) is 4. The number of methoxy groups -OCH3 is 1. The third-order valence-electron chi connectivity index (χ3n) is 3.44. The third kappa shape index (κ3) is 2.34. The van der Waals surface area contributed by atoms with Crippen molar-refractivity contribution in [2.24, 2.45) is 18.7 Å². The predicted molar refractivity (Wildman–Crippen MR) is 64.0 cm³/mol. The van der Waals surface area contributed by atoms with E-state index in [4.69, 9.17) is 10.5 Å². The Hall–Kier alpha value is -1.36. The van der Waals surface area contributed by atoms with Crippen LogP contribution in [-0.4, -0.2) is 28.7 Å². The van der Waals surface area contributed by atoms with Gasteiger partial charge in [0.1, 0.15) is 5.69 Å². The molecule has 94 valence electrons. The molecule has 0 saturated heterocycles. The standard InChI is InChI=1S/C12H19N3O2/c1-15-11(10(17-2)7-14-15)12(16)8-4-3-5-9(13)6-8/h7-9H,3-6,13H2,1-2H3. The second kappa shape index (κ2) is 4.87. The van der Waals surface area contributed by atoms with Crippen LogP contribution in [0.25, 0.3) is 0 Å². The van der Waals surface area contributed by atoms with Crippen LogP contribution in [-0.2, 0) is 7.05 Å². The summed E-state index contributed by atoms with van der Waals surface area (Å²) in [7, 11) is 3.32. The van der Waals surface area contributed by atoms with E-state index in [-0.39, 0.29) is 17.7 Å². The molecule has 0 radical (unpaired) electrons. The zero-order valence-corrected chi connectivity index (χ0v) is 10.3. The van der Waals surface area contributed by atoms with E-state index in [1.54, 1.807) is 25.0 Å². The van der Waals surface area contributed by atoms with E-state index in [1.165, 1.54) is 0 Å². The molecule has 0 spiro atoms. The van der Waals surface area contributed by atoms with E-state index in [0.29, 0.717) is 11.4 Å². The summed E-state index contributed by atoms with van der Waals surface area (Å²) in [5, 5.41) is 4.06. The van der Waals surface area contributed by atoms with Crippen LogP contribution in [0.4, 0.5) is 0 Å².